The second-order valence-electron chi connectivity index (χ2n) is 8.44. The van der Waals surface area contributed by atoms with E-state index in [0.29, 0.717) is 29.0 Å². The molecule has 4 rings (SSSR count). The van der Waals surface area contributed by atoms with Crippen LogP contribution in [0.2, 0.25) is 5.02 Å². The highest BCUT2D eigenvalue weighted by Crippen LogP contribution is 2.47. The summed E-state index contributed by atoms with van der Waals surface area (Å²) in [5, 5.41) is 3.58. The van der Waals surface area contributed by atoms with E-state index in [9.17, 15) is 18.0 Å². The van der Waals surface area contributed by atoms with E-state index in [4.69, 9.17) is 11.6 Å². The van der Waals surface area contributed by atoms with Crippen LogP contribution in [0.25, 0.3) is 0 Å². The summed E-state index contributed by atoms with van der Waals surface area (Å²) in [6.45, 7) is 2.23. The lowest BCUT2D eigenvalue weighted by Crippen LogP contribution is -2.65. The van der Waals surface area contributed by atoms with E-state index in [1.54, 1.807) is 17.0 Å². The number of halogens is 4. The molecule has 2 bridgehead atoms. The van der Waals surface area contributed by atoms with Gasteiger partial charge in [-0.05, 0) is 67.7 Å². The molecule has 0 aromatic heterocycles. The molecule has 148 valence electrons. The second kappa shape index (κ2) is 6.87. The zero-order valence-corrected chi connectivity index (χ0v) is 16.0. The fourth-order valence-corrected chi connectivity index (χ4v) is 5.36. The minimum absolute atomic E-state index is 0.0131. The molecule has 4 unspecified atom stereocenters. The van der Waals surface area contributed by atoms with E-state index >= 15 is 0 Å². The van der Waals surface area contributed by atoms with Gasteiger partial charge in [0.15, 0.2) is 0 Å². The van der Waals surface area contributed by atoms with Gasteiger partial charge in [0.2, 0.25) is 0 Å². The molecule has 3 fully saturated rings. The van der Waals surface area contributed by atoms with Crippen molar-refractivity contribution in [1.82, 2.24) is 4.90 Å². The lowest BCUT2D eigenvalue weighted by atomic mass is 9.73. The number of hydrogen-bond acceptors (Lipinski definition) is 1. The van der Waals surface area contributed by atoms with E-state index in [1.165, 1.54) is 6.42 Å². The number of likely N-dealkylation sites (tertiary alicyclic amines) is 1. The normalized spacial score (nSPS) is 32.9. The average molecular weight is 401 g/mol. The van der Waals surface area contributed by atoms with E-state index in [0.717, 1.165) is 18.4 Å². The fourth-order valence-electron chi connectivity index (χ4n) is 5.08. The molecule has 1 N–H and O–H groups in total. The van der Waals surface area contributed by atoms with Crippen LogP contribution in [0.4, 0.5) is 23.7 Å². The number of benzene rings is 1. The SMILES string of the molecule is CC1CCC(c2cc(NC(=O)N3C4CC3CC(C(F)(F)F)C4)ccc2Cl)C1. The van der Waals surface area contributed by atoms with Gasteiger partial charge in [-0.3, -0.25) is 0 Å². The monoisotopic (exact) mass is 400 g/mol. The summed E-state index contributed by atoms with van der Waals surface area (Å²) in [6, 6.07) is 4.57. The molecular formula is C20H24ClF3N2O. The van der Waals surface area contributed by atoms with E-state index in [2.05, 4.69) is 12.2 Å². The van der Waals surface area contributed by atoms with Gasteiger partial charge in [-0.2, -0.15) is 13.2 Å². The molecule has 2 saturated carbocycles. The number of amides is 2. The zero-order valence-electron chi connectivity index (χ0n) is 15.2. The number of nitrogens with one attached hydrogen (secondary N) is 1. The molecule has 1 heterocycles. The van der Waals surface area contributed by atoms with Crippen LogP contribution < -0.4 is 5.32 Å². The van der Waals surface area contributed by atoms with Crippen molar-refractivity contribution in [2.45, 2.75) is 69.6 Å². The lowest BCUT2D eigenvalue weighted by molar-refractivity contribution is -0.205. The molecule has 4 atom stereocenters. The standard InChI is InChI=1S/C20H24ClF3N2O/c1-11-2-3-12(6-11)17-9-14(4-5-18(17)21)25-19(27)26-15-7-13(20(22,23)24)8-16(26)10-15/h4-5,9,11-13,15-16H,2-3,6-8,10H2,1H3,(H,25,27). The molecule has 1 saturated heterocycles. The molecule has 3 aliphatic rings. The molecule has 0 spiro atoms. The van der Waals surface area contributed by atoms with Crippen LogP contribution in [0.5, 0.6) is 0 Å². The van der Waals surface area contributed by atoms with Crippen LogP contribution in [0, 0.1) is 11.8 Å². The fraction of sp³-hybridized carbons (Fsp3) is 0.650. The molecule has 2 amide bonds. The zero-order chi connectivity index (χ0) is 19.3. The molecule has 1 aliphatic heterocycles. The molecule has 7 heteroatoms. The number of rotatable bonds is 2. The highest BCUT2D eigenvalue weighted by Gasteiger charge is 2.54. The highest BCUT2D eigenvalue weighted by molar-refractivity contribution is 6.31. The molecule has 0 radical (unpaired) electrons. The van der Waals surface area contributed by atoms with Gasteiger partial charge in [0.25, 0.3) is 0 Å². The summed E-state index contributed by atoms with van der Waals surface area (Å²) in [7, 11) is 0. The summed E-state index contributed by atoms with van der Waals surface area (Å²) >= 11 is 6.37. The second-order valence-corrected chi connectivity index (χ2v) is 8.85. The van der Waals surface area contributed by atoms with Gasteiger partial charge in [-0.1, -0.05) is 24.9 Å². The van der Waals surface area contributed by atoms with Crippen LogP contribution in [0.1, 0.15) is 56.9 Å². The Morgan fingerprint density at radius 3 is 2.44 bits per heavy atom. The minimum Gasteiger partial charge on any atom is -0.318 e. The molecule has 27 heavy (non-hydrogen) atoms. The number of hydrogen-bond donors (Lipinski definition) is 1. The molecule has 2 aliphatic carbocycles. The Balaban J connectivity index is 1.42. The van der Waals surface area contributed by atoms with Crippen LogP contribution in [0.15, 0.2) is 18.2 Å². The van der Waals surface area contributed by atoms with Crippen LogP contribution in [-0.4, -0.2) is 29.2 Å². The van der Waals surface area contributed by atoms with Crippen molar-refractivity contribution in [3.8, 4) is 0 Å². The number of carbonyl (C=O) groups is 1. The number of fused-ring (bicyclic) bond motifs is 2. The van der Waals surface area contributed by atoms with Crippen molar-refractivity contribution in [3.63, 3.8) is 0 Å². The summed E-state index contributed by atoms with van der Waals surface area (Å²) in [6.07, 6.45) is -0.109. The van der Waals surface area contributed by atoms with Gasteiger partial charge in [-0.15, -0.1) is 0 Å². The van der Waals surface area contributed by atoms with Crippen LogP contribution in [-0.2, 0) is 0 Å². The first-order valence-corrected chi connectivity index (χ1v) is 10.1. The Kier molecular flexibility index (Phi) is 4.81. The van der Waals surface area contributed by atoms with Gasteiger partial charge in [-0.25, -0.2) is 4.79 Å². The number of alkyl halides is 3. The number of nitrogens with zero attached hydrogens (tertiary/aromatic N) is 1. The van der Waals surface area contributed by atoms with E-state index in [-0.39, 0.29) is 31.0 Å². The molecule has 1 aromatic rings. The van der Waals surface area contributed by atoms with Crippen LogP contribution >= 0.6 is 11.6 Å². The third-order valence-electron chi connectivity index (χ3n) is 6.52. The van der Waals surface area contributed by atoms with Crippen LogP contribution in [0.3, 0.4) is 0 Å². The Morgan fingerprint density at radius 2 is 1.85 bits per heavy atom. The Hall–Kier alpha value is -1.43. The largest absolute Gasteiger partial charge is 0.391 e. The van der Waals surface area contributed by atoms with Gasteiger partial charge in [0.1, 0.15) is 0 Å². The average Bonchev–Trinajstić information content (AvgIpc) is 3.02. The van der Waals surface area contributed by atoms with Gasteiger partial charge < -0.3 is 10.2 Å². The third kappa shape index (κ3) is 3.65. The van der Waals surface area contributed by atoms with Crippen molar-refractivity contribution < 1.29 is 18.0 Å². The molecule has 3 nitrogen and oxygen atoms in total. The predicted octanol–water partition coefficient (Wildman–Crippen LogP) is 6.19. The maximum Gasteiger partial charge on any atom is 0.391 e. The van der Waals surface area contributed by atoms with Crippen molar-refractivity contribution in [2.24, 2.45) is 11.8 Å². The molecule has 1 aromatic carbocycles. The number of piperidine rings is 1. The number of carbonyl (C=O) groups excluding carboxylic acids is 1. The van der Waals surface area contributed by atoms with Crippen molar-refractivity contribution in [2.75, 3.05) is 5.32 Å². The first kappa shape index (κ1) is 18.9. The van der Waals surface area contributed by atoms with E-state index < -0.39 is 12.1 Å². The van der Waals surface area contributed by atoms with Crippen molar-refractivity contribution in [3.05, 3.63) is 28.8 Å². The summed E-state index contributed by atoms with van der Waals surface area (Å²) < 4.78 is 38.8. The van der Waals surface area contributed by atoms with Gasteiger partial charge in [0, 0.05) is 22.8 Å². The lowest BCUT2D eigenvalue weighted by Gasteiger charge is -2.55. The summed E-state index contributed by atoms with van der Waals surface area (Å²) in [4.78, 5) is 14.2. The third-order valence-corrected chi connectivity index (χ3v) is 6.87. The van der Waals surface area contributed by atoms with Gasteiger partial charge >= 0.3 is 12.2 Å². The van der Waals surface area contributed by atoms with Crippen molar-refractivity contribution >= 4 is 23.3 Å². The maximum absolute atomic E-state index is 12.9. The summed E-state index contributed by atoms with van der Waals surface area (Å²) in [5.41, 5.74) is 1.72. The van der Waals surface area contributed by atoms with Crippen molar-refractivity contribution in [1.29, 1.82) is 0 Å². The number of anilines is 1. The molecular weight excluding hydrogens is 377 g/mol. The maximum atomic E-state index is 12.9. The van der Waals surface area contributed by atoms with Gasteiger partial charge in [0.05, 0.1) is 5.92 Å². The minimum atomic E-state index is -4.16. The Labute approximate surface area is 162 Å². The first-order valence-electron chi connectivity index (χ1n) is 9.68. The predicted molar refractivity (Wildman–Crippen MR) is 99.0 cm³/mol. The van der Waals surface area contributed by atoms with E-state index in [1.807, 2.05) is 6.07 Å². The quantitative estimate of drug-likeness (QED) is 0.630. The smallest absolute Gasteiger partial charge is 0.318 e. The topological polar surface area (TPSA) is 32.3 Å². The Morgan fingerprint density at radius 1 is 1.15 bits per heavy atom. The summed E-state index contributed by atoms with van der Waals surface area (Å²) in [5.74, 6) is -0.205. The number of urea groups is 1. The highest BCUT2D eigenvalue weighted by atomic mass is 35.5. The first-order chi connectivity index (χ1) is 12.7. The Bertz CT molecular complexity index is 726.